The van der Waals surface area contributed by atoms with Crippen LogP contribution in [0.4, 0.5) is 4.39 Å². The van der Waals surface area contributed by atoms with E-state index in [9.17, 15) is 9.50 Å². The van der Waals surface area contributed by atoms with Gasteiger partial charge in [0.05, 0.1) is 6.10 Å². The van der Waals surface area contributed by atoms with Gasteiger partial charge in [0, 0.05) is 11.8 Å². The fourth-order valence-corrected chi connectivity index (χ4v) is 1.73. The molecule has 1 fully saturated rings. The van der Waals surface area contributed by atoms with Gasteiger partial charge in [-0.15, -0.1) is 0 Å². The molecule has 0 radical (unpaired) electrons. The molecule has 4 heteroatoms. The first-order chi connectivity index (χ1) is 6.61. The molecule has 1 heterocycles. The van der Waals surface area contributed by atoms with E-state index in [1.54, 1.807) is 6.92 Å². The minimum absolute atomic E-state index is 0.162. The second kappa shape index (κ2) is 3.48. The fourth-order valence-electron chi connectivity index (χ4n) is 1.57. The van der Waals surface area contributed by atoms with Gasteiger partial charge in [0.15, 0.2) is 11.0 Å². The summed E-state index contributed by atoms with van der Waals surface area (Å²) in [5.41, 5.74) is 0.971. The molecule has 14 heavy (non-hydrogen) atoms. The molecule has 1 aromatic heterocycles. The minimum atomic E-state index is -0.726. The Bertz CT molecular complexity index is 365. The van der Waals surface area contributed by atoms with E-state index in [0.29, 0.717) is 11.1 Å². The van der Waals surface area contributed by atoms with Crippen LogP contribution < -0.4 is 0 Å². The highest BCUT2D eigenvalue weighted by atomic mass is 35.5. The van der Waals surface area contributed by atoms with Gasteiger partial charge < -0.3 is 5.11 Å². The summed E-state index contributed by atoms with van der Waals surface area (Å²) >= 11 is 5.56. The van der Waals surface area contributed by atoms with Crippen molar-refractivity contribution in [3.63, 3.8) is 0 Å². The second-order valence-corrected chi connectivity index (χ2v) is 4.10. The lowest BCUT2D eigenvalue weighted by Gasteiger charge is -2.13. The topological polar surface area (TPSA) is 33.1 Å². The Balaban J connectivity index is 2.43. The summed E-state index contributed by atoms with van der Waals surface area (Å²) in [4.78, 5) is 3.68. The number of aryl methyl sites for hydroxylation is 1. The Labute approximate surface area is 86.7 Å². The Kier molecular flexibility index (Phi) is 2.45. The third-order valence-electron chi connectivity index (χ3n) is 2.58. The zero-order chi connectivity index (χ0) is 10.3. The molecule has 1 aliphatic carbocycles. The van der Waals surface area contributed by atoms with Gasteiger partial charge in [-0.3, -0.25) is 0 Å². The summed E-state index contributed by atoms with van der Waals surface area (Å²) < 4.78 is 13.5. The van der Waals surface area contributed by atoms with E-state index in [1.807, 2.05) is 0 Å². The molecular formula is C10H11ClFNO. The van der Waals surface area contributed by atoms with Gasteiger partial charge in [-0.2, -0.15) is 0 Å². The summed E-state index contributed by atoms with van der Waals surface area (Å²) in [7, 11) is 0. The molecule has 76 valence electrons. The van der Waals surface area contributed by atoms with Crippen LogP contribution in [0.3, 0.4) is 0 Å². The number of hydrogen-bond acceptors (Lipinski definition) is 2. The van der Waals surface area contributed by atoms with Crippen molar-refractivity contribution in [3.05, 3.63) is 28.3 Å². The molecule has 0 bridgehead atoms. The normalized spacial score (nSPS) is 18.3. The van der Waals surface area contributed by atoms with E-state index in [2.05, 4.69) is 4.98 Å². The summed E-state index contributed by atoms with van der Waals surface area (Å²) in [6.45, 7) is 1.73. The van der Waals surface area contributed by atoms with E-state index >= 15 is 0 Å². The summed E-state index contributed by atoms with van der Waals surface area (Å²) in [6, 6.07) is 0. The molecule has 0 spiro atoms. The molecule has 1 aromatic rings. The Morgan fingerprint density at radius 3 is 2.86 bits per heavy atom. The van der Waals surface area contributed by atoms with E-state index in [0.717, 1.165) is 12.8 Å². The smallest absolute Gasteiger partial charge is 0.166 e. The lowest BCUT2D eigenvalue weighted by atomic mass is 10.0. The van der Waals surface area contributed by atoms with E-state index < -0.39 is 11.9 Å². The molecule has 0 aliphatic heterocycles. The second-order valence-electron chi connectivity index (χ2n) is 3.74. The van der Waals surface area contributed by atoms with Crippen molar-refractivity contribution in [2.45, 2.75) is 25.9 Å². The van der Waals surface area contributed by atoms with Crippen LogP contribution in [0.25, 0.3) is 0 Å². The molecule has 1 atom stereocenters. The van der Waals surface area contributed by atoms with Crippen LogP contribution in [0, 0.1) is 18.7 Å². The van der Waals surface area contributed by atoms with Gasteiger partial charge in [0.25, 0.3) is 0 Å². The highest BCUT2D eigenvalue weighted by Crippen LogP contribution is 2.42. The highest BCUT2D eigenvalue weighted by Gasteiger charge is 2.34. The Hall–Kier alpha value is -0.670. The van der Waals surface area contributed by atoms with E-state index in [4.69, 9.17) is 11.6 Å². The van der Waals surface area contributed by atoms with Crippen LogP contribution in [-0.4, -0.2) is 10.1 Å². The molecule has 0 saturated heterocycles. The maximum Gasteiger partial charge on any atom is 0.166 e. The van der Waals surface area contributed by atoms with Crippen LogP contribution in [0.5, 0.6) is 0 Å². The van der Waals surface area contributed by atoms with Crippen molar-refractivity contribution in [3.8, 4) is 0 Å². The third kappa shape index (κ3) is 1.62. The van der Waals surface area contributed by atoms with Crippen molar-refractivity contribution >= 4 is 11.6 Å². The number of rotatable bonds is 2. The van der Waals surface area contributed by atoms with Crippen LogP contribution in [-0.2, 0) is 0 Å². The highest BCUT2D eigenvalue weighted by molar-refractivity contribution is 6.29. The first-order valence-corrected chi connectivity index (χ1v) is 4.97. The van der Waals surface area contributed by atoms with Gasteiger partial charge in [-0.25, -0.2) is 9.37 Å². The van der Waals surface area contributed by atoms with Gasteiger partial charge in [0.2, 0.25) is 0 Å². The fraction of sp³-hybridized carbons (Fsp3) is 0.500. The van der Waals surface area contributed by atoms with Crippen molar-refractivity contribution in [1.82, 2.24) is 4.98 Å². The van der Waals surface area contributed by atoms with E-state index in [1.165, 1.54) is 6.20 Å². The summed E-state index contributed by atoms with van der Waals surface area (Å²) in [6.07, 6.45) is 2.68. The number of halogens is 2. The molecule has 1 aliphatic rings. The number of aromatic nitrogens is 1. The van der Waals surface area contributed by atoms with Gasteiger partial charge in [0.1, 0.15) is 0 Å². The molecule has 0 amide bonds. The first-order valence-electron chi connectivity index (χ1n) is 4.60. The van der Waals surface area contributed by atoms with Crippen LogP contribution in [0.1, 0.15) is 30.1 Å². The Morgan fingerprint density at radius 1 is 1.64 bits per heavy atom. The quantitative estimate of drug-likeness (QED) is 0.770. The zero-order valence-corrected chi connectivity index (χ0v) is 8.55. The predicted octanol–water partition coefficient (Wildman–Crippen LogP) is 2.63. The lowest BCUT2D eigenvalue weighted by Crippen LogP contribution is -2.06. The lowest BCUT2D eigenvalue weighted by molar-refractivity contribution is 0.148. The predicted molar refractivity (Wildman–Crippen MR) is 51.6 cm³/mol. The number of aliphatic hydroxyl groups excluding tert-OH is 1. The monoisotopic (exact) mass is 215 g/mol. The average molecular weight is 216 g/mol. The largest absolute Gasteiger partial charge is 0.388 e. The van der Waals surface area contributed by atoms with Crippen molar-refractivity contribution in [2.75, 3.05) is 0 Å². The standard InChI is InChI=1S/C10H11ClFNO/c1-5-4-13-10(11)8(12)7(5)9(14)6-2-3-6/h4,6,9,14H,2-3H2,1H3. The molecule has 2 nitrogen and oxygen atoms in total. The Morgan fingerprint density at radius 2 is 2.29 bits per heavy atom. The molecule has 1 unspecified atom stereocenters. The van der Waals surface area contributed by atoms with Crippen LogP contribution in [0.15, 0.2) is 6.20 Å². The average Bonchev–Trinajstić information content (AvgIpc) is 2.95. The molecule has 1 N–H and O–H groups in total. The maximum absolute atomic E-state index is 13.5. The van der Waals surface area contributed by atoms with Crippen molar-refractivity contribution in [2.24, 2.45) is 5.92 Å². The third-order valence-corrected chi connectivity index (χ3v) is 2.84. The van der Waals surface area contributed by atoms with Crippen molar-refractivity contribution in [1.29, 1.82) is 0 Å². The number of aliphatic hydroxyl groups is 1. The van der Waals surface area contributed by atoms with E-state index in [-0.39, 0.29) is 11.1 Å². The van der Waals surface area contributed by atoms with Crippen molar-refractivity contribution < 1.29 is 9.50 Å². The summed E-state index contributed by atoms with van der Waals surface area (Å²) in [5.74, 6) is -0.382. The first kappa shape index (κ1) is 9.87. The maximum atomic E-state index is 13.5. The number of pyridine rings is 1. The van der Waals surface area contributed by atoms with Crippen LogP contribution in [0.2, 0.25) is 5.15 Å². The zero-order valence-electron chi connectivity index (χ0n) is 7.80. The SMILES string of the molecule is Cc1cnc(Cl)c(F)c1C(O)C1CC1. The molecule has 1 saturated carbocycles. The molecular weight excluding hydrogens is 205 g/mol. The molecule has 2 rings (SSSR count). The van der Waals surface area contributed by atoms with Gasteiger partial charge in [-0.1, -0.05) is 11.6 Å². The minimum Gasteiger partial charge on any atom is -0.388 e. The molecule has 0 aromatic carbocycles. The van der Waals surface area contributed by atoms with Gasteiger partial charge in [-0.05, 0) is 31.2 Å². The van der Waals surface area contributed by atoms with Gasteiger partial charge >= 0.3 is 0 Å². The summed E-state index contributed by atoms with van der Waals surface area (Å²) in [5, 5.41) is 9.66. The number of nitrogens with zero attached hydrogens (tertiary/aromatic N) is 1. The number of hydrogen-bond donors (Lipinski definition) is 1. The van der Waals surface area contributed by atoms with Crippen LogP contribution >= 0.6 is 11.6 Å².